The molecule has 0 saturated carbocycles. The molecule has 94 valence electrons. The van der Waals surface area contributed by atoms with Crippen LogP contribution in [-0.4, -0.2) is 13.1 Å². The van der Waals surface area contributed by atoms with E-state index in [0.717, 1.165) is 0 Å². The minimum absolute atomic E-state index is 0.484. The molecule has 0 spiro atoms. The first-order valence-electron chi connectivity index (χ1n) is 6.68. The Morgan fingerprint density at radius 1 is 0.778 bits per heavy atom. The number of hydrogen-bond acceptors (Lipinski definition) is 1. The van der Waals surface area contributed by atoms with Crippen LogP contribution < -0.4 is 5.32 Å². The SMILES string of the molecule is C1CNC1.CC(c1ccccc1)c1ccccc1. The van der Waals surface area contributed by atoms with Crippen molar-refractivity contribution in [2.45, 2.75) is 19.3 Å². The molecule has 0 atom stereocenters. The lowest BCUT2D eigenvalue weighted by Crippen LogP contribution is -2.29. The summed E-state index contributed by atoms with van der Waals surface area (Å²) in [5.41, 5.74) is 2.75. The van der Waals surface area contributed by atoms with Gasteiger partial charge in [-0.15, -0.1) is 0 Å². The van der Waals surface area contributed by atoms with Crippen LogP contribution in [0.3, 0.4) is 0 Å². The van der Waals surface area contributed by atoms with Gasteiger partial charge < -0.3 is 5.32 Å². The fourth-order valence-corrected chi connectivity index (χ4v) is 1.85. The molecule has 1 aliphatic rings. The second kappa shape index (κ2) is 6.97. The molecule has 2 aromatic rings. The highest BCUT2D eigenvalue weighted by molar-refractivity contribution is 5.31. The number of hydrogen-bond donors (Lipinski definition) is 1. The summed E-state index contributed by atoms with van der Waals surface area (Å²) in [6, 6.07) is 21.2. The molecule has 1 aliphatic heterocycles. The van der Waals surface area contributed by atoms with Gasteiger partial charge in [0.15, 0.2) is 0 Å². The fraction of sp³-hybridized carbons (Fsp3) is 0.294. The first-order chi connectivity index (χ1) is 8.88. The van der Waals surface area contributed by atoms with Crippen molar-refractivity contribution in [1.82, 2.24) is 5.32 Å². The highest BCUT2D eigenvalue weighted by atomic mass is 14.9. The molecule has 1 heteroatoms. The zero-order chi connectivity index (χ0) is 12.6. The van der Waals surface area contributed by atoms with Gasteiger partial charge in [0.05, 0.1) is 0 Å². The summed E-state index contributed by atoms with van der Waals surface area (Å²) >= 11 is 0. The molecule has 18 heavy (non-hydrogen) atoms. The Labute approximate surface area is 110 Å². The van der Waals surface area contributed by atoms with Crippen LogP contribution in [0.15, 0.2) is 60.7 Å². The van der Waals surface area contributed by atoms with Gasteiger partial charge in [0.2, 0.25) is 0 Å². The fourth-order valence-electron chi connectivity index (χ4n) is 1.85. The van der Waals surface area contributed by atoms with Gasteiger partial charge in [0.1, 0.15) is 0 Å². The molecule has 0 radical (unpaired) electrons. The van der Waals surface area contributed by atoms with Crippen LogP contribution in [0.4, 0.5) is 0 Å². The summed E-state index contributed by atoms with van der Waals surface area (Å²) < 4.78 is 0. The summed E-state index contributed by atoms with van der Waals surface area (Å²) in [7, 11) is 0. The molecule has 0 bridgehead atoms. The zero-order valence-electron chi connectivity index (χ0n) is 11.0. The normalized spacial score (nSPS) is 13.4. The van der Waals surface area contributed by atoms with Gasteiger partial charge in [-0.25, -0.2) is 0 Å². The van der Waals surface area contributed by atoms with Gasteiger partial charge >= 0.3 is 0 Å². The van der Waals surface area contributed by atoms with Gasteiger partial charge in [-0.1, -0.05) is 67.6 Å². The van der Waals surface area contributed by atoms with Crippen LogP contribution in [0, 0.1) is 0 Å². The molecule has 3 rings (SSSR count). The van der Waals surface area contributed by atoms with Crippen molar-refractivity contribution in [2.75, 3.05) is 13.1 Å². The molecular formula is C17H21N. The lowest BCUT2D eigenvalue weighted by Gasteiger charge is -2.11. The topological polar surface area (TPSA) is 12.0 Å². The van der Waals surface area contributed by atoms with Crippen LogP contribution >= 0.6 is 0 Å². The van der Waals surface area contributed by atoms with Gasteiger partial charge in [-0.3, -0.25) is 0 Å². The quantitative estimate of drug-likeness (QED) is 0.840. The molecule has 0 amide bonds. The molecule has 2 aromatic carbocycles. The summed E-state index contributed by atoms with van der Waals surface area (Å²) in [5.74, 6) is 0.484. The van der Waals surface area contributed by atoms with E-state index in [9.17, 15) is 0 Å². The van der Waals surface area contributed by atoms with E-state index in [2.05, 4.69) is 72.9 Å². The summed E-state index contributed by atoms with van der Waals surface area (Å²) in [6.07, 6.45) is 1.39. The van der Waals surface area contributed by atoms with E-state index in [1.54, 1.807) is 0 Å². The van der Waals surface area contributed by atoms with Gasteiger partial charge in [-0.05, 0) is 30.6 Å². The highest BCUT2D eigenvalue weighted by Crippen LogP contribution is 2.22. The predicted octanol–water partition coefficient (Wildman–Crippen LogP) is 3.82. The number of rotatable bonds is 2. The van der Waals surface area contributed by atoms with Gasteiger partial charge in [-0.2, -0.15) is 0 Å². The van der Waals surface area contributed by atoms with Crippen LogP contribution in [0.1, 0.15) is 30.4 Å². The Hall–Kier alpha value is -1.60. The average molecular weight is 239 g/mol. The smallest absolute Gasteiger partial charge is 0.00610 e. The average Bonchev–Trinajstić information content (AvgIpc) is 2.38. The van der Waals surface area contributed by atoms with Gasteiger partial charge in [0.25, 0.3) is 0 Å². The maximum atomic E-state index is 3.11. The molecule has 1 N–H and O–H groups in total. The van der Waals surface area contributed by atoms with Crippen LogP contribution in [0.2, 0.25) is 0 Å². The van der Waals surface area contributed by atoms with Crippen molar-refractivity contribution >= 4 is 0 Å². The second-order valence-corrected chi connectivity index (χ2v) is 4.65. The minimum atomic E-state index is 0.484. The van der Waals surface area contributed by atoms with Crippen molar-refractivity contribution in [1.29, 1.82) is 0 Å². The van der Waals surface area contributed by atoms with Crippen molar-refractivity contribution in [2.24, 2.45) is 0 Å². The van der Waals surface area contributed by atoms with E-state index in [1.807, 2.05) is 0 Å². The molecule has 1 heterocycles. The zero-order valence-corrected chi connectivity index (χ0v) is 11.0. The van der Waals surface area contributed by atoms with Crippen LogP contribution in [0.25, 0.3) is 0 Å². The van der Waals surface area contributed by atoms with Crippen LogP contribution in [0.5, 0.6) is 0 Å². The highest BCUT2D eigenvalue weighted by Gasteiger charge is 2.05. The van der Waals surface area contributed by atoms with Gasteiger partial charge in [0, 0.05) is 5.92 Å². The summed E-state index contributed by atoms with van der Waals surface area (Å²) in [6.45, 7) is 4.74. The second-order valence-electron chi connectivity index (χ2n) is 4.65. The standard InChI is InChI=1S/C14H14.C3H7N/c1-12(13-8-4-2-5-9-13)14-10-6-3-7-11-14;1-2-4-3-1/h2-12H,1H3;4H,1-3H2. The lowest BCUT2D eigenvalue weighted by molar-refractivity contribution is 0.527. The maximum absolute atomic E-state index is 3.11. The van der Waals surface area contributed by atoms with Crippen molar-refractivity contribution < 1.29 is 0 Å². The third-order valence-corrected chi connectivity index (χ3v) is 3.31. The molecule has 1 fully saturated rings. The van der Waals surface area contributed by atoms with Crippen LogP contribution in [-0.2, 0) is 0 Å². The number of benzene rings is 2. The van der Waals surface area contributed by atoms with E-state index < -0.39 is 0 Å². The van der Waals surface area contributed by atoms with E-state index >= 15 is 0 Å². The van der Waals surface area contributed by atoms with E-state index in [-0.39, 0.29) is 0 Å². The maximum Gasteiger partial charge on any atom is 0.00610 e. The Morgan fingerprint density at radius 3 is 1.39 bits per heavy atom. The van der Waals surface area contributed by atoms with Crippen molar-refractivity contribution in [3.05, 3.63) is 71.8 Å². The Balaban J connectivity index is 0.000000256. The summed E-state index contributed by atoms with van der Waals surface area (Å²) in [4.78, 5) is 0. The van der Waals surface area contributed by atoms with Crippen molar-refractivity contribution in [3.8, 4) is 0 Å². The first kappa shape index (κ1) is 12.8. The Morgan fingerprint density at radius 2 is 1.11 bits per heavy atom. The van der Waals surface area contributed by atoms with E-state index in [1.165, 1.54) is 30.6 Å². The largest absolute Gasteiger partial charge is 0.317 e. The lowest BCUT2D eigenvalue weighted by atomic mass is 9.93. The molecule has 0 aliphatic carbocycles. The third kappa shape index (κ3) is 3.71. The van der Waals surface area contributed by atoms with Crippen molar-refractivity contribution in [3.63, 3.8) is 0 Å². The Kier molecular flexibility index (Phi) is 4.98. The first-order valence-corrected chi connectivity index (χ1v) is 6.68. The summed E-state index contributed by atoms with van der Waals surface area (Å²) in [5, 5.41) is 3.11. The molecule has 1 nitrogen and oxygen atoms in total. The molecule has 0 unspecified atom stereocenters. The Bertz CT molecular complexity index is 388. The van der Waals surface area contributed by atoms with E-state index in [4.69, 9.17) is 0 Å². The monoisotopic (exact) mass is 239 g/mol. The molecule has 0 aromatic heterocycles. The third-order valence-electron chi connectivity index (χ3n) is 3.31. The number of nitrogens with one attached hydrogen (secondary N) is 1. The molecule has 1 saturated heterocycles. The molecular weight excluding hydrogens is 218 g/mol. The van der Waals surface area contributed by atoms with E-state index in [0.29, 0.717) is 5.92 Å². The predicted molar refractivity (Wildman–Crippen MR) is 77.9 cm³/mol. The minimum Gasteiger partial charge on any atom is -0.317 e.